The minimum atomic E-state index is -0.328. The number of anilines is 1. The Bertz CT molecular complexity index is 535. The summed E-state index contributed by atoms with van der Waals surface area (Å²) in [6.07, 6.45) is 0.882. The molecule has 7 heteroatoms. The third-order valence-corrected chi connectivity index (χ3v) is 3.19. The van der Waals surface area contributed by atoms with E-state index in [9.17, 15) is 0 Å². The van der Waals surface area contributed by atoms with E-state index in [2.05, 4.69) is 10.3 Å². The number of hydrogen-bond acceptors (Lipinski definition) is 4. The lowest BCUT2D eigenvalue weighted by Gasteiger charge is -2.22. The van der Waals surface area contributed by atoms with Crippen LogP contribution in [0, 0.1) is 0 Å². The number of ether oxygens (including phenoxy) is 3. The Balaban J connectivity index is 0.00000264. The van der Waals surface area contributed by atoms with Crippen molar-refractivity contribution >= 4 is 35.6 Å². The van der Waals surface area contributed by atoms with Gasteiger partial charge >= 0.3 is 0 Å². The van der Waals surface area contributed by atoms with Crippen LogP contribution in [-0.4, -0.2) is 37.9 Å². The van der Waals surface area contributed by atoms with Gasteiger partial charge in [0.1, 0.15) is 0 Å². The standard InChI is InChI=1S/C16H25N3O3.HI/c1-4-22-16(2,3)11-18-15(17)19-12-6-7-13-14(10-12)21-9-5-8-20-13;/h6-7,10H,4-5,8-9,11H2,1-3H3,(H3,17,18,19);1H. The number of halogens is 1. The molecule has 0 radical (unpaired) electrons. The fourth-order valence-electron chi connectivity index (χ4n) is 2.14. The van der Waals surface area contributed by atoms with Gasteiger partial charge in [-0.3, -0.25) is 4.99 Å². The van der Waals surface area contributed by atoms with E-state index in [4.69, 9.17) is 19.9 Å². The molecule has 130 valence electrons. The summed E-state index contributed by atoms with van der Waals surface area (Å²) in [5.74, 6) is 1.84. The fraction of sp³-hybridized carbons (Fsp3) is 0.562. The van der Waals surface area contributed by atoms with Gasteiger partial charge < -0.3 is 25.3 Å². The third-order valence-electron chi connectivity index (χ3n) is 3.19. The first-order chi connectivity index (χ1) is 10.5. The minimum absolute atomic E-state index is 0. The van der Waals surface area contributed by atoms with E-state index in [1.807, 2.05) is 39.0 Å². The van der Waals surface area contributed by atoms with Gasteiger partial charge in [0.25, 0.3) is 0 Å². The summed E-state index contributed by atoms with van der Waals surface area (Å²) in [5.41, 5.74) is 6.42. The van der Waals surface area contributed by atoms with Crippen molar-refractivity contribution in [3.05, 3.63) is 18.2 Å². The average molecular weight is 435 g/mol. The molecular weight excluding hydrogens is 409 g/mol. The second kappa shape index (κ2) is 9.17. The molecular formula is C16H26IN3O3. The smallest absolute Gasteiger partial charge is 0.193 e. The van der Waals surface area contributed by atoms with E-state index >= 15 is 0 Å². The minimum Gasteiger partial charge on any atom is -0.490 e. The zero-order valence-corrected chi connectivity index (χ0v) is 16.3. The summed E-state index contributed by atoms with van der Waals surface area (Å²) >= 11 is 0. The van der Waals surface area contributed by atoms with Gasteiger partial charge in [-0.2, -0.15) is 0 Å². The van der Waals surface area contributed by atoms with Crippen molar-refractivity contribution in [2.24, 2.45) is 10.7 Å². The highest BCUT2D eigenvalue weighted by Gasteiger charge is 2.17. The lowest BCUT2D eigenvalue weighted by atomic mass is 10.1. The molecule has 1 heterocycles. The number of hydrogen-bond donors (Lipinski definition) is 2. The highest BCUT2D eigenvalue weighted by Crippen LogP contribution is 2.32. The number of aliphatic imine (C=N–C) groups is 1. The van der Waals surface area contributed by atoms with Crippen LogP contribution >= 0.6 is 24.0 Å². The fourth-order valence-corrected chi connectivity index (χ4v) is 2.14. The maximum atomic E-state index is 5.93. The topological polar surface area (TPSA) is 78.1 Å². The summed E-state index contributed by atoms with van der Waals surface area (Å²) in [6.45, 7) is 8.41. The molecule has 1 aromatic rings. The zero-order chi connectivity index (χ0) is 16.0. The number of benzene rings is 1. The first-order valence-corrected chi connectivity index (χ1v) is 7.61. The molecule has 0 amide bonds. The summed E-state index contributed by atoms with van der Waals surface area (Å²) in [6, 6.07) is 5.64. The molecule has 6 nitrogen and oxygen atoms in total. The van der Waals surface area contributed by atoms with Crippen LogP contribution in [0.2, 0.25) is 0 Å². The largest absolute Gasteiger partial charge is 0.490 e. The van der Waals surface area contributed by atoms with Crippen molar-refractivity contribution in [1.29, 1.82) is 0 Å². The number of nitrogens with two attached hydrogens (primary N) is 1. The van der Waals surface area contributed by atoms with E-state index < -0.39 is 0 Å². The van der Waals surface area contributed by atoms with Gasteiger partial charge in [0.15, 0.2) is 17.5 Å². The van der Waals surface area contributed by atoms with Crippen molar-refractivity contribution in [3.8, 4) is 11.5 Å². The van der Waals surface area contributed by atoms with E-state index in [1.165, 1.54) is 0 Å². The van der Waals surface area contributed by atoms with Gasteiger partial charge in [0.05, 0.1) is 25.4 Å². The Morgan fingerprint density at radius 1 is 1.30 bits per heavy atom. The van der Waals surface area contributed by atoms with Crippen molar-refractivity contribution in [1.82, 2.24) is 0 Å². The Morgan fingerprint density at radius 2 is 2.00 bits per heavy atom. The molecule has 0 saturated carbocycles. The van der Waals surface area contributed by atoms with E-state index in [0.717, 1.165) is 23.6 Å². The van der Waals surface area contributed by atoms with Gasteiger partial charge in [-0.15, -0.1) is 24.0 Å². The predicted octanol–water partition coefficient (Wildman–Crippen LogP) is 3.01. The summed E-state index contributed by atoms with van der Waals surface area (Å²) in [4.78, 5) is 4.33. The van der Waals surface area contributed by atoms with Gasteiger partial charge in [-0.05, 0) is 32.9 Å². The van der Waals surface area contributed by atoms with Gasteiger partial charge in [0.2, 0.25) is 0 Å². The van der Waals surface area contributed by atoms with Crippen LogP contribution < -0.4 is 20.5 Å². The molecule has 0 spiro atoms. The molecule has 1 aliphatic rings. The average Bonchev–Trinajstić information content (AvgIpc) is 2.70. The van der Waals surface area contributed by atoms with Crippen LogP contribution in [0.4, 0.5) is 5.69 Å². The molecule has 0 bridgehead atoms. The zero-order valence-electron chi connectivity index (χ0n) is 13.9. The first-order valence-electron chi connectivity index (χ1n) is 7.61. The highest BCUT2D eigenvalue weighted by atomic mass is 127. The number of nitrogens with zero attached hydrogens (tertiary/aromatic N) is 1. The van der Waals surface area contributed by atoms with Crippen molar-refractivity contribution in [3.63, 3.8) is 0 Å². The van der Waals surface area contributed by atoms with Crippen LogP contribution in [-0.2, 0) is 4.74 Å². The van der Waals surface area contributed by atoms with Crippen LogP contribution in [0.15, 0.2) is 23.2 Å². The Labute approximate surface area is 154 Å². The Kier molecular flexibility index (Phi) is 7.90. The van der Waals surface area contributed by atoms with Gasteiger partial charge in [-0.1, -0.05) is 0 Å². The summed E-state index contributed by atoms with van der Waals surface area (Å²) in [7, 11) is 0. The van der Waals surface area contributed by atoms with Crippen LogP contribution in [0.25, 0.3) is 0 Å². The molecule has 0 atom stereocenters. The molecule has 0 saturated heterocycles. The molecule has 0 aromatic heterocycles. The van der Waals surface area contributed by atoms with E-state index in [-0.39, 0.29) is 29.6 Å². The quantitative estimate of drug-likeness (QED) is 0.423. The summed E-state index contributed by atoms with van der Waals surface area (Å²) < 4.78 is 16.8. The second-order valence-electron chi connectivity index (χ2n) is 5.73. The van der Waals surface area contributed by atoms with Crippen LogP contribution in [0.3, 0.4) is 0 Å². The second-order valence-corrected chi connectivity index (χ2v) is 5.73. The molecule has 2 rings (SSSR count). The highest BCUT2D eigenvalue weighted by molar-refractivity contribution is 14.0. The predicted molar refractivity (Wildman–Crippen MR) is 103 cm³/mol. The third kappa shape index (κ3) is 6.42. The maximum absolute atomic E-state index is 5.93. The van der Waals surface area contributed by atoms with Crippen molar-refractivity contribution in [2.45, 2.75) is 32.8 Å². The molecule has 23 heavy (non-hydrogen) atoms. The molecule has 3 N–H and O–H groups in total. The van der Waals surface area contributed by atoms with Crippen molar-refractivity contribution in [2.75, 3.05) is 31.7 Å². The number of guanidine groups is 1. The molecule has 1 aliphatic heterocycles. The number of fused-ring (bicyclic) bond motifs is 1. The summed E-state index contributed by atoms with van der Waals surface area (Å²) in [5, 5.41) is 3.06. The van der Waals surface area contributed by atoms with Gasteiger partial charge in [-0.25, -0.2) is 0 Å². The van der Waals surface area contributed by atoms with E-state index in [1.54, 1.807) is 0 Å². The van der Waals surface area contributed by atoms with E-state index in [0.29, 0.717) is 32.3 Å². The number of rotatable bonds is 5. The van der Waals surface area contributed by atoms with Crippen molar-refractivity contribution < 1.29 is 14.2 Å². The molecule has 1 aromatic carbocycles. The lowest BCUT2D eigenvalue weighted by molar-refractivity contribution is -0.00210. The first kappa shape index (κ1) is 19.8. The molecule has 0 unspecified atom stereocenters. The monoisotopic (exact) mass is 435 g/mol. The van der Waals surface area contributed by atoms with Crippen LogP contribution in [0.1, 0.15) is 27.2 Å². The lowest BCUT2D eigenvalue weighted by Crippen LogP contribution is -2.31. The molecule has 0 fully saturated rings. The SMILES string of the molecule is CCOC(C)(C)CN=C(N)Nc1ccc2c(c1)OCCCO2.I. The Hall–Kier alpha value is -1.22. The number of nitrogens with one attached hydrogen (secondary N) is 1. The molecule has 0 aliphatic carbocycles. The normalized spacial score (nSPS) is 14.7. The maximum Gasteiger partial charge on any atom is 0.193 e. The Morgan fingerprint density at radius 3 is 2.70 bits per heavy atom. The van der Waals surface area contributed by atoms with Crippen LogP contribution in [0.5, 0.6) is 11.5 Å². The van der Waals surface area contributed by atoms with Gasteiger partial charge in [0, 0.05) is 24.8 Å².